The molecular formula is C17H25NO. The summed E-state index contributed by atoms with van der Waals surface area (Å²) in [5.41, 5.74) is 1.10. The van der Waals surface area contributed by atoms with Gasteiger partial charge >= 0.3 is 0 Å². The van der Waals surface area contributed by atoms with E-state index in [2.05, 4.69) is 37.8 Å². The predicted molar refractivity (Wildman–Crippen MR) is 79.1 cm³/mol. The fourth-order valence-corrected chi connectivity index (χ4v) is 2.96. The van der Waals surface area contributed by atoms with E-state index in [4.69, 9.17) is 0 Å². The SMILES string of the molecule is CC(C)(C)C(C(=O)N1CCCCC1)c1ccccc1. The van der Waals surface area contributed by atoms with Crippen LogP contribution in [0.15, 0.2) is 30.3 Å². The van der Waals surface area contributed by atoms with Crippen molar-refractivity contribution in [3.8, 4) is 0 Å². The summed E-state index contributed by atoms with van der Waals surface area (Å²) >= 11 is 0. The average molecular weight is 259 g/mol. The van der Waals surface area contributed by atoms with Gasteiger partial charge in [-0.1, -0.05) is 51.1 Å². The van der Waals surface area contributed by atoms with Crippen LogP contribution in [-0.4, -0.2) is 23.9 Å². The normalized spacial score (nSPS) is 18.2. The summed E-state index contributed by atoms with van der Waals surface area (Å²) in [7, 11) is 0. The van der Waals surface area contributed by atoms with E-state index in [1.165, 1.54) is 6.42 Å². The van der Waals surface area contributed by atoms with Gasteiger partial charge in [0.1, 0.15) is 0 Å². The van der Waals surface area contributed by atoms with Crippen LogP contribution in [0.1, 0.15) is 51.5 Å². The quantitative estimate of drug-likeness (QED) is 0.790. The van der Waals surface area contributed by atoms with Gasteiger partial charge in [-0.25, -0.2) is 0 Å². The van der Waals surface area contributed by atoms with Crippen LogP contribution in [0.5, 0.6) is 0 Å². The highest BCUT2D eigenvalue weighted by Gasteiger charge is 2.35. The Bertz CT molecular complexity index is 413. The van der Waals surface area contributed by atoms with Gasteiger partial charge in [0.2, 0.25) is 5.91 Å². The van der Waals surface area contributed by atoms with E-state index in [0.717, 1.165) is 31.5 Å². The highest BCUT2D eigenvalue weighted by molar-refractivity contribution is 5.84. The standard InChI is InChI=1S/C17H25NO/c1-17(2,3)15(14-10-6-4-7-11-14)16(19)18-12-8-5-9-13-18/h4,6-7,10-11,15H,5,8-9,12-13H2,1-3H3. The molecule has 2 heteroatoms. The largest absolute Gasteiger partial charge is 0.342 e. The van der Waals surface area contributed by atoms with Crippen molar-refractivity contribution in [2.75, 3.05) is 13.1 Å². The summed E-state index contributed by atoms with van der Waals surface area (Å²) < 4.78 is 0. The fourth-order valence-electron chi connectivity index (χ4n) is 2.96. The molecule has 1 fully saturated rings. The first kappa shape index (κ1) is 14.1. The van der Waals surface area contributed by atoms with Gasteiger partial charge in [0.05, 0.1) is 5.92 Å². The number of likely N-dealkylation sites (tertiary alicyclic amines) is 1. The number of carbonyl (C=O) groups excluding carboxylic acids is 1. The van der Waals surface area contributed by atoms with Crippen LogP contribution in [0.2, 0.25) is 0 Å². The lowest BCUT2D eigenvalue weighted by atomic mass is 9.75. The fraction of sp³-hybridized carbons (Fsp3) is 0.588. The number of piperidine rings is 1. The number of hydrogen-bond donors (Lipinski definition) is 0. The summed E-state index contributed by atoms with van der Waals surface area (Å²) in [5.74, 6) is 0.269. The summed E-state index contributed by atoms with van der Waals surface area (Å²) in [6, 6.07) is 10.2. The second-order valence-electron chi connectivity index (χ2n) is 6.60. The van der Waals surface area contributed by atoms with Crippen molar-refractivity contribution in [2.24, 2.45) is 5.41 Å². The van der Waals surface area contributed by atoms with Gasteiger partial charge in [0.15, 0.2) is 0 Å². The Morgan fingerprint density at radius 2 is 1.63 bits per heavy atom. The van der Waals surface area contributed by atoms with Crippen molar-refractivity contribution in [3.05, 3.63) is 35.9 Å². The molecule has 0 bridgehead atoms. The van der Waals surface area contributed by atoms with Crippen LogP contribution >= 0.6 is 0 Å². The molecule has 1 amide bonds. The zero-order valence-electron chi connectivity index (χ0n) is 12.4. The Labute approximate surface area is 116 Å². The maximum Gasteiger partial charge on any atom is 0.230 e. The van der Waals surface area contributed by atoms with Gasteiger partial charge in [0.25, 0.3) is 0 Å². The first-order valence-corrected chi connectivity index (χ1v) is 7.34. The molecule has 104 valence electrons. The van der Waals surface area contributed by atoms with E-state index < -0.39 is 0 Å². The van der Waals surface area contributed by atoms with Gasteiger partial charge in [-0.05, 0) is 30.2 Å². The molecule has 0 aliphatic carbocycles. The Morgan fingerprint density at radius 1 is 1.05 bits per heavy atom. The zero-order chi connectivity index (χ0) is 13.9. The molecule has 1 heterocycles. The van der Waals surface area contributed by atoms with Crippen LogP contribution < -0.4 is 0 Å². The molecule has 1 unspecified atom stereocenters. The molecule has 0 radical (unpaired) electrons. The van der Waals surface area contributed by atoms with E-state index in [-0.39, 0.29) is 11.3 Å². The lowest BCUT2D eigenvalue weighted by Crippen LogP contribution is -2.42. The van der Waals surface area contributed by atoms with E-state index in [0.29, 0.717) is 5.91 Å². The van der Waals surface area contributed by atoms with E-state index in [1.807, 2.05) is 18.2 Å². The third kappa shape index (κ3) is 3.37. The highest BCUT2D eigenvalue weighted by atomic mass is 16.2. The molecule has 0 aromatic heterocycles. The minimum atomic E-state index is -0.0458. The molecular weight excluding hydrogens is 234 g/mol. The Balaban J connectivity index is 2.25. The topological polar surface area (TPSA) is 20.3 Å². The predicted octanol–water partition coefficient (Wildman–Crippen LogP) is 3.83. The first-order chi connectivity index (χ1) is 9.00. The van der Waals surface area contributed by atoms with Crippen LogP contribution in [0, 0.1) is 5.41 Å². The van der Waals surface area contributed by atoms with Gasteiger partial charge in [-0.2, -0.15) is 0 Å². The van der Waals surface area contributed by atoms with Crippen LogP contribution in [0.4, 0.5) is 0 Å². The Morgan fingerprint density at radius 3 is 2.16 bits per heavy atom. The van der Waals surface area contributed by atoms with E-state index in [9.17, 15) is 4.79 Å². The number of rotatable bonds is 2. The van der Waals surface area contributed by atoms with Crippen molar-refractivity contribution in [3.63, 3.8) is 0 Å². The first-order valence-electron chi connectivity index (χ1n) is 7.34. The summed E-state index contributed by atoms with van der Waals surface area (Å²) in [4.78, 5) is 14.9. The zero-order valence-corrected chi connectivity index (χ0v) is 12.4. The highest BCUT2D eigenvalue weighted by Crippen LogP contribution is 2.37. The molecule has 2 rings (SSSR count). The van der Waals surface area contributed by atoms with Gasteiger partial charge in [0, 0.05) is 13.1 Å². The van der Waals surface area contributed by atoms with Gasteiger partial charge in [-0.15, -0.1) is 0 Å². The van der Waals surface area contributed by atoms with Gasteiger partial charge < -0.3 is 4.90 Å². The monoisotopic (exact) mass is 259 g/mol. The lowest BCUT2D eigenvalue weighted by Gasteiger charge is -2.36. The smallest absolute Gasteiger partial charge is 0.230 e. The lowest BCUT2D eigenvalue weighted by molar-refractivity contribution is -0.136. The average Bonchev–Trinajstić information content (AvgIpc) is 2.39. The molecule has 0 spiro atoms. The molecule has 0 N–H and O–H groups in total. The van der Waals surface area contributed by atoms with Crippen molar-refractivity contribution >= 4 is 5.91 Å². The third-order valence-corrected chi connectivity index (χ3v) is 3.91. The number of hydrogen-bond acceptors (Lipinski definition) is 1. The second-order valence-corrected chi connectivity index (χ2v) is 6.60. The van der Waals surface area contributed by atoms with Crippen molar-refractivity contribution < 1.29 is 4.79 Å². The maximum atomic E-state index is 12.9. The van der Waals surface area contributed by atoms with Gasteiger partial charge in [-0.3, -0.25) is 4.79 Å². The summed E-state index contributed by atoms with van der Waals surface area (Å²) in [6.07, 6.45) is 3.56. The molecule has 1 aliphatic heterocycles. The molecule has 1 saturated heterocycles. The Hall–Kier alpha value is -1.31. The molecule has 2 nitrogen and oxygen atoms in total. The minimum Gasteiger partial charge on any atom is -0.342 e. The molecule has 19 heavy (non-hydrogen) atoms. The third-order valence-electron chi connectivity index (χ3n) is 3.91. The maximum absolute atomic E-state index is 12.9. The summed E-state index contributed by atoms with van der Waals surface area (Å²) in [6.45, 7) is 8.34. The van der Waals surface area contributed by atoms with Crippen LogP contribution in [0.25, 0.3) is 0 Å². The minimum absolute atomic E-state index is 0.0354. The molecule has 1 aromatic carbocycles. The number of carbonyl (C=O) groups is 1. The number of benzene rings is 1. The van der Waals surface area contributed by atoms with E-state index in [1.54, 1.807) is 0 Å². The molecule has 1 aliphatic rings. The van der Waals surface area contributed by atoms with Crippen molar-refractivity contribution in [1.29, 1.82) is 0 Å². The molecule has 0 saturated carbocycles. The van der Waals surface area contributed by atoms with Crippen LogP contribution in [0.3, 0.4) is 0 Å². The second kappa shape index (κ2) is 5.77. The van der Waals surface area contributed by atoms with Crippen molar-refractivity contribution in [1.82, 2.24) is 4.90 Å². The van der Waals surface area contributed by atoms with E-state index >= 15 is 0 Å². The Kier molecular flexibility index (Phi) is 4.28. The molecule has 1 aromatic rings. The number of amides is 1. The summed E-state index contributed by atoms with van der Waals surface area (Å²) in [5, 5.41) is 0. The number of nitrogens with zero attached hydrogens (tertiary/aromatic N) is 1. The van der Waals surface area contributed by atoms with Crippen molar-refractivity contribution in [2.45, 2.75) is 46.0 Å². The van der Waals surface area contributed by atoms with Crippen LogP contribution in [-0.2, 0) is 4.79 Å². The molecule has 1 atom stereocenters.